The maximum Gasteiger partial charge on any atom is 0.237 e. The molecular weight excluding hydrogens is 471 g/mol. The van der Waals surface area contributed by atoms with Crippen molar-refractivity contribution >= 4 is 12.1 Å². The van der Waals surface area contributed by atoms with Crippen molar-refractivity contribution in [3.63, 3.8) is 0 Å². The fraction of sp³-hybridized carbons (Fsp3) is 0.538. The van der Waals surface area contributed by atoms with E-state index in [-0.39, 0.29) is 23.6 Å². The van der Waals surface area contributed by atoms with Crippen LogP contribution in [0.25, 0.3) is 0 Å². The number of benzene rings is 1. The van der Waals surface area contributed by atoms with Crippen LogP contribution in [0.1, 0.15) is 38.7 Å². The standard InChI is InChI=1S/C26H36F3N5O2/c1-5-18-15-34(17(3)25(36-4)32-19(6-2)14-30)12-9-31-26(18)7-10-33(11-8-26)16-20-21(27)13-22(28)23(29)24(20)35/h6,13-14,18,30-31,35H,3,5,7-12,15-16H2,1-2,4H3/b19-6-,30-14?,32-25?. The van der Waals surface area contributed by atoms with Gasteiger partial charge >= 0.3 is 0 Å². The summed E-state index contributed by atoms with van der Waals surface area (Å²) < 4.78 is 46.9. The second kappa shape index (κ2) is 11.9. The summed E-state index contributed by atoms with van der Waals surface area (Å²) in [6.07, 6.45) is 5.40. The zero-order valence-electron chi connectivity index (χ0n) is 21.2. The number of aliphatic imine (C=N–C) groups is 1. The van der Waals surface area contributed by atoms with Gasteiger partial charge in [0.2, 0.25) is 11.7 Å². The number of nitrogens with zero attached hydrogens (tertiary/aromatic N) is 3. The lowest BCUT2D eigenvalue weighted by atomic mass is 9.74. The molecular formula is C26H36F3N5O2. The minimum atomic E-state index is -1.42. The number of hydrogen-bond donors (Lipinski definition) is 3. The molecule has 198 valence electrons. The van der Waals surface area contributed by atoms with Gasteiger partial charge in [0.05, 0.1) is 18.5 Å². The Bertz CT molecular complexity index is 1030. The van der Waals surface area contributed by atoms with Crippen molar-refractivity contribution in [2.45, 2.75) is 45.2 Å². The van der Waals surface area contributed by atoms with Gasteiger partial charge in [-0.3, -0.25) is 4.90 Å². The number of piperidine rings is 1. The Morgan fingerprint density at radius 3 is 2.58 bits per heavy atom. The minimum absolute atomic E-state index is 0.0125. The molecule has 1 aromatic rings. The summed E-state index contributed by atoms with van der Waals surface area (Å²) in [6.45, 7) is 11.6. The molecule has 2 aliphatic heterocycles. The summed E-state index contributed by atoms with van der Waals surface area (Å²) in [5, 5.41) is 21.2. The lowest BCUT2D eigenvalue weighted by Crippen LogP contribution is -2.58. The second-order valence-corrected chi connectivity index (χ2v) is 9.32. The van der Waals surface area contributed by atoms with Crippen molar-refractivity contribution in [1.82, 2.24) is 15.1 Å². The zero-order chi connectivity index (χ0) is 26.5. The third kappa shape index (κ3) is 5.75. The molecule has 36 heavy (non-hydrogen) atoms. The number of phenols is 1. The highest BCUT2D eigenvalue weighted by Gasteiger charge is 2.43. The van der Waals surface area contributed by atoms with Crippen molar-refractivity contribution in [3.8, 4) is 5.75 Å². The van der Waals surface area contributed by atoms with Crippen molar-refractivity contribution in [1.29, 1.82) is 5.41 Å². The number of rotatable bonds is 7. The van der Waals surface area contributed by atoms with Crippen LogP contribution in [0.5, 0.6) is 5.75 Å². The van der Waals surface area contributed by atoms with Crippen LogP contribution in [-0.4, -0.2) is 72.4 Å². The van der Waals surface area contributed by atoms with Crippen LogP contribution in [0.4, 0.5) is 13.2 Å². The molecule has 3 N–H and O–H groups in total. The summed E-state index contributed by atoms with van der Waals surface area (Å²) in [6, 6.07) is 0.482. The molecule has 0 saturated carbocycles. The number of nitrogens with one attached hydrogen (secondary N) is 2. The van der Waals surface area contributed by atoms with Gasteiger partial charge < -0.3 is 25.5 Å². The number of aromatic hydroxyl groups is 1. The average molecular weight is 508 g/mol. The van der Waals surface area contributed by atoms with Gasteiger partial charge in [0.15, 0.2) is 11.6 Å². The third-order valence-electron chi connectivity index (χ3n) is 7.45. The SMILES string of the molecule is C=C(C(=N/C(C=N)=C\C)OC)N1CCNC2(CCN(Cc3c(F)cc(F)c(F)c3O)CC2)C(CC)C1. The van der Waals surface area contributed by atoms with Gasteiger partial charge in [-0.25, -0.2) is 13.8 Å². The van der Waals surface area contributed by atoms with E-state index in [1.807, 2.05) is 4.90 Å². The van der Waals surface area contributed by atoms with Crippen molar-refractivity contribution in [3.05, 3.63) is 53.1 Å². The van der Waals surface area contributed by atoms with Crippen molar-refractivity contribution in [2.24, 2.45) is 10.9 Å². The monoisotopic (exact) mass is 507 g/mol. The third-order valence-corrected chi connectivity index (χ3v) is 7.45. The van der Waals surface area contributed by atoms with Gasteiger partial charge in [0.1, 0.15) is 5.82 Å². The topological polar surface area (TPSA) is 84.2 Å². The van der Waals surface area contributed by atoms with E-state index in [0.717, 1.165) is 32.4 Å². The predicted octanol–water partition coefficient (Wildman–Crippen LogP) is 4.19. The summed E-state index contributed by atoms with van der Waals surface area (Å²) >= 11 is 0. The minimum Gasteiger partial charge on any atom is -0.504 e. The van der Waals surface area contributed by atoms with E-state index in [1.54, 1.807) is 20.1 Å². The fourth-order valence-corrected chi connectivity index (χ4v) is 5.23. The van der Waals surface area contributed by atoms with Crippen LogP contribution in [0.15, 0.2) is 35.1 Å². The molecule has 0 aliphatic carbocycles. The van der Waals surface area contributed by atoms with Gasteiger partial charge in [0.25, 0.3) is 0 Å². The van der Waals surface area contributed by atoms with Gasteiger partial charge in [0, 0.05) is 62.7 Å². The van der Waals surface area contributed by atoms with E-state index in [9.17, 15) is 18.3 Å². The van der Waals surface area contributed by atoms with Crippen molar-refractivity contribution < 1.29 is 23.0 Å². The molecule has 2 aliphatic rings. The van der Waals surface area contributed by atoms with Crippen LogP contribution in [-0.2, 0) is 11.3 Å². The largest absolute Gasteiger partial charge is 0.504 e. The van der Waals surface area contributed by atoms with Crippen molar-refractivity contribution in [2.75, 3.05) is 39.8 Å². The smallest absolute Gasteiger partial charge is 0.237 e. The molecule has 2 saturated heterocycles. The lowest BCUT2D eigenvalue weighted by Gasteiger charge is -2.46. The molecule has 0 aromatic heterocycles. The first-order valence-electron chi connectivity index (χ1n) is 12.3. The highest BCUT2D eigenvalue weighted by molar-refractivity contribution is 5.95. The van der Waals surface area contributed by atoms with E-state index in [1.165, 1.54) is 6.21 Å². The Morgan fingerprint density at radius 2 is 2.00 bits per heavy atom. The second-order valence-electron chi connectivity index (χ2n) is 9.32. The Hall–Kier alpha value is -2.85. The fourth-order valence-electron chi connectivity index (χ4n) is 5.23. The van der Waals surface area contributed by atoms with Crippen LogP contribution in [0.3, 0.4) is 0 Å². The summed E-state index contributed by atoms with van der Waals surface area (Å²) in [4.78, 5) is 8.53. The number of halogens is 3. The Labute approximate surface area is 210 Å². The van der Waals surface area contributed by atoms with E-state index < -0.39 is 23.2 Å². The Balaban J connectivity index is 1.71. The first kappa shape index (κ1) is 27.7. The molecule has 0 radical (unpaired) electrons. The van der Waals surface area contributed by atoms with Crippen LogP contribution < -0.4 is 5.32 Å². The molecule has 1 spiro atoms. The molecule has 10 heteroatoms. The predicted molar refractivity (Wildman–Crippen MR) is 135 cm³/mol. The highest BCUT2D eigenvalue weighted by Crippen LogP contribution is 2.36. The summed E-state index contributed by atoms with van der Waals surface area (Å²) in [5.41, 5.74) is 0.797. The lowest BCUT2D eigenvalue weighted by molar-refractivity contribution is 0.0820. The Morgan fingerprint density at radius 1 is 1.31 bits per heavy atom. The average Bonchev–Trinajstić information content (AvgIpc) is 3.06. The van der Waals surface area contributed by atoms with E-state index in [2.05, 4.69) is 28.7 Å². The van der Waals surface area contributed by atoms with Gasteiger partial charge in [-0.15, -0.1) is 0 Å². The molecule has 1 atom stereocenters. The number of hydrogen-bond acceptors (Lipinski definition) is 7. The first-order valence-corrected chi connectivity index (χ1v) is 12.3. The van der Waals surface area contributed by atoms with E-state index >= 15 is 0 Å². The van der Waals surface area contributed by atoms with Gasteiger partial charge in [-0.2, -0.15) is 4.39 Å². The maximum atomic E-state index is 14.2. The number of allylic oxidation sites excluding steroid dienone is 2. The zero-order valence-corrected chi connectivity index (χ0v) is 21.2. The molecule has 3 rings (SSSR count). The normalized spacial score (nSPS) is 21.4. The highest BCUT2D eigenvalue weighted by atomic mass is 19.2. The molecule has 7 nitrogen and oxygen atoms in total. The maximum absolute atomic E-state index is 14.2. The van der Waals surface area contributed by atoms with Crippen LogP contribution in [0, 0.1) is 28.8 Å². The van der Waals surface area contributed by atoms with E-state index in [0.29, 0.717) is 43.0 Å². The Kier molecular flexibility index (Phi) is 9.19. The number of phenolic OH excluding ortho intramolecular Hbond substituents is 1. The molecule has 1 aromatic carbocycles. The van der Waals surface area contributed by atoms with Gasteiger partial charge in [-0.1, -0.05) is 19.6 Å². The van der Waals surface area contributed by atoms with Gasteiger partial charge in [-0.05, 0) is 32.1 Å². The van der Waals surface area contributed by atoms with E-state index in [4.69, 9.17) is 10.1 Å². The first-order chi connectivity index (χ1) is 17.2. The molecule has 2 heterocycles. The number of methoxy groups -OCH3 is 1. The molecule has 0 bridgehead atoms. The number of likely N-dealkylation sites (tertiary alicyclic amines) is 1. The molecule has 1 unspecified atom stereocenters. The molecule has 2 fully saturated rings. The number of ether oxygens (including phenoxy) is 1. The van der Waals surface area contributed by atoms with Crippen LogP contribution >= 0.6 is 0 Å². The summed E-state index contributed by atoms with van der Waals surface area (Å²) in [7, 11) is 1.54. The quantitative estimate of drug-likeness (QED) is 0.293. The summed E-state index contributed by atoms with van der Waals surface area (Å²) in [5.74, 6) is -4.06. The van der Waals surface area contributed by atoms with Crippen LogP contribution in [0.2, 0.25) is 0 Å². The molecule has 0 amide bonds.